The molecule has 0 saturated carbocycles. The second kappa shape index (κ2) is 62.6. The van der Waals surface area contributed by atoms with Gasteiger partial charge in [0.05, 0.1) is 0 Å². The van der Waals surface area contributed by atoms with Crippen molar-refractivity contribution in [2.75, 3.05) is 13.2 Å². The molecular weight excluding hydrogens is 925 g/mol. The van der Waals surface area contributed by atoms with Gasteiger partial charge in [0.25, 0.3) is 0 Å². The Labute approximate surface area is 463 Å². The Morgan fingerprint density at radius 3 is 0.840 bits per heavy atom. The summed E-state index contributed by atoms with van der Waals surface area (Å²) >= 11 is 0. The minimum Gasteiger partial charge on any atom is -0.462 e. The summed E-state index contributed by atoms with van der Waals surface area (Å²) in [5.74, 6) is -0.898. The number of ether oxygens (including phenoxy) is 3. The van der Waals surface area contributed by atoms with E-state index in [4.69, 9.17) is 14.2 Å². The second-order valence-corrected chi connectivity index (χ2v) is 20.6. The smallest absolute Gasteiger partial charge is 0.306 e. The molecule has 1 atom stereocenters. The van der Waals surface area contributed by atoms with E-state index in [1.807, 2.05) is 0 Å². The van der Waals surface area contributed by atoms with E-state index < -0.39 is 6.10 Å². The first-order valence-corrected chi connectivity index (χ1v) is 31.4. The number of hydrogen-bond acceptors (Lipinski definition) is 6. The predicted molar refractivity (Wildman–Crippen MR) is 325 cm³/mol. The van der Waals surface area contributed by atoms with Crippen molar-refractivity contribution in [3.8, 4) is 0 Å². The number of carbonyl (C=O) groups is 3. The third-order valence-corrected chi connectivity index (χ3v) is 13.3. The maximum Gasteiger partial charge on any atom is 0.306 e. The fraction of sp³-hybridized carbons (Fsp3) is 0.696. The average molecular weight is 1040 g/mol. The van der Waals surface area contributed by atoms with Gasteiger partial charge in [0.15, 0.2) is 6.10 Å². The van der Waals surface area contributed by atoms with Gasteiger partial charge in [-0.05, 0) is 109 Å². The Morgan fingerprint density at radius 1 is 0.280 bits per heavy atom. The zero-order valence-corrected chi connectivity index (χ0v) is 49.0. The van der Waals surface area contributed by atoms with Crippen molar-refractivity contribution in [3.05, 3.63) is 109 Å². The molecule has 0 heterocycles. The highest BCUT2D eigenvalue weighted by atomic mass is 16.6. The molecule has 0 N–H and O–H groups in total. The van der Waals surface area contributed by atoms with Crippen LogP contribution >= 0.6 is 0 Å². The van der Waals surface area contributed by atoms with Crippen LogP contribution in [0, 0.1) is 0 Å². The molecule has 1 unspecified atom stereocenters. The van der Waals surface area contributed by atoms with Crippen molar-refractivity contribution < 1.29 is 28.6 Å². The van der Waals surface area contributed by atoms with Crippen molar-refractivity contribution in [2.45, 2.75) is 297 Å². The number of hydrogen-bond donors (Lipinski definition) is 0. The lowest BCUT2D eigenvalue weighted by atomic mass is 10.1. The molecule has 0 bridgehead atoms. The van der Waals surface area contributed by atoms with Crippen LogP contribution in [0.1, 0.15) is 290 Å². The van der Waals surface area contributed by atoms with Gasteiger partial charge in [0.1, 0.15) is 13.2 Å². The fourth-order valence-electron chi connectivity index (χ4n) is 8.57. The minimum atomic E-state index is -0.786. The molecule has 0 aromatic carbocycles. The van der Waals surface area contributed by atoms with E-state index in [9.17, 15) is 14.4 Å². The van der Waals surface area contributed by atoms with Crippen LogP contribution in [0.2, 0.25) is 0 Å². The molecule has 0 rings (SSSR count). The van der Waals surface area contributed by atoms with Crippen LogP contribution in [0.5, 0.6) is 0 Å². The normalized spacial score (nSPS) is 12.8. The summed E-state index contributed by atoms with van der Waals surface area (Å²) in [6.07, 6.45) is 85.2. The molecule has 0 amide bonds. The number of rotatable bonds is 56. The summed E-state index contributed by atoms with van der Waals surface area (Å²) in [6, 6.07) is 0. The molecule has 6 nitrogen and oxygen atoms in total. The van der Waals surface area contributed by atoms with Gasteiger partial charge in [-0.1, -0.05) is 271 Å². The summed E-state index contributed by atoms with van der Waals surface area (Å²) < 4.78 is 16.9. The van der Waals surface area contributed by atoms with Gasteiger partial charge in [0, 0.05) is 19.3 Å². The van der Waals surface area contributed by atoms with Crippen LogP contribution in [0.15, 0.2) is 109 Å². The second-order valence-electron chi connectivity index (χ2n) is 20.6. The highest BCUT2D eigenvalue weighted by Crippen LogP contribution is 2.15. The van der Waals surface area contributed by atoms with Crippen molar-refractivity contribution in [1.82, 2.24) is 0 Å². The van der Waals surface area contributed by atoms with E-state index in [0.29, 0.717) is 19.3 Å². The van der Waals surface area contributed by atoms with E-state index in [2.05, 4.69) is 130 Å². The maximum atomic E-state index is 12.9. The van der Waals surface area contributed by atoms with Crippen LogP contribution < -0.4 is 0 Å². The van der Waals surface area contributed by atoms with Crippen LogP contribution in [0.4, 0.5) is 0 Å². The van der Waals surface area contributed by atoms with Crippen molar-refractivity contribution in [3.63, 3.8) is 0 Å². The molecule has 75 heavy (non-hydrogen) atoms. The number of unbranched alkanes of at least 4 members (excludes halogenated alkanes) is 27. The first-order chi connectivity index (χ1) is 37.0. The topological polar surface area (TPSA) is 78.9 Å². The zero-order chi connectivity index (χ0) is 54.3. The fourth-order valence-corrected chi connectivity index (χ4v) is 8.57. The molecular formula is C69H116O6. The number of allylic oxidation sites excluding steroid dienone is 18. The molecule has 0 spiro atoms. The molecule has 0 aromatic heterocycles. The van der Waals surface area contributed by atoms with Gasteiger partial charge in [-0.25, -0.2) is 0 Å². The molecule has 6 heteroatoms. The maximum absolute atomic E-state index is 12.9. The van der Waals surface area contributed by atoms with Gasteiger partial charge in [-0.15, -0.1) is 0 Å². The largest absolute Gasteiger partial charge is 0.462 e. The third-order valence-electron chi connectivity index (χ3n) is 13.3. The summed E-state index contributed by atoms with van der Waals surface area (Å²) in [5, 5.41) is 0. The van der Waals surface area contributed by atoms with Crippen LogP contribution in [0.3, 0.4) is 0 Å². The van der Waals surface area contributed by atoms with Crippen LogP contribution in [0.25, 0.3) is 0 Å². The monoisotopic (exact) mass is 1040 g/mol. The molecule has 0 aromatic rings. The molecule has 0 aliphatic carbocycles. The average Bonchev–Trinajstić information content (AvgIpc) is 3.41. The molecule has 428 valence electrons. The van der Waals surface area contributed by atoms with Crippen molar-refractivity contribution in [2.24, 2.45) is 0 Å². The Hall–Kier alpha value is -3.93. The highest BCUT2D eigenvalue weighted by molar-refractivity contribution is 5.71. The summed E-state index contributed by atoms with van der Waals surface area (Å²) in [4.78, 5) is 38.2. The highest BCUT2D eigenvalue weighted by Gasteiger charge is 2.19. The Balaban J connectivity index is 4.24. The van der Waals surface area contributed by atoms with Gasteiger partial charge in [-0.3, -0.25) is 14.4 Å². The lowest BCUT2D eigenvalue weighted by molar-refractivity contribution is -0.167. The van der Waals surface area contributed by atoms with Gasteiger partial charge < -0.3 is 14.2 Å². The van der Waals surface area contributed by atoms with Gasteiger partial charge in [0.2, 0.25) is 0 Å². The van der Waals surface area contributed by atoms with E-state index in [0.717, 1.165) is 122 Å². The molecule has 0 saturated heterocycles. The van der Waals surface area contributed by atoms with Crippen LogP contribution in [-0.2, 0) is 28.6 Å². The first-order valence-electron chi connectivity index (χ1n) is 31.4. The quantitative estimate of drug-likeness (QED) is 0.0261. The standard InChI is InChI=1S/C69H116O6/c1-4-7-10-13-16-19-21-23-25-27-29-30-31-32-33-34-35-36-37-38-40-41-43-45-47-50-53-56-59-62-68(71)74-65-66(64-73-67(70)61-58-55-52-49-18-15-12-9-6-3)75-69(72)63-60-57-54-51-48-46-44-42-39-28-26-24-22-20-17-14-11-8-5-2/h7,10,16-17,19-20,23-26,29-30,32-33,35-36,39,42,66H,4-6,8-9,11-15,18,21-22,27-28,31,34,37-38,40-41,43-65H2,1-3H3/b10-7-,19-16-,20-17-,25-23-,26-24-,30-29-,33-32-,36-35-,42-39-. The van der Waals surface area contributed by atoms with Gasteiger partial charge >= 0.3 is 17.9 Å². The van der Waals surface area contributed by atoms with Gasteiger partial charge in [-0.2, -0.15) is 0 Å². The molecule has 0 aliphatic rings. The summed E-state index contributed by atoms with van der Waals surface area (Å²) in [5.41, 5.74) is 0. The van der Waals surface area contributed by atoms with Crippen molar-refractivity contribution >= 4 is 17.9 Å². The minimum absolute atomic E-state index is 0.0833. The van der Waals surface area contributed by atoms with E-state index in [1.54, 1.807) is 0 Å². The predicted octanol–water partition coefficient (Wildman–Crippen LogP) is 21.4. The summed E-state index contributed by atoms with van der Waals surface area (Å²) in [6.45, 7) is 6.48. The first kappa shape index (κ1) is 71.1. The van der Waals surface area contributed by atoms with Crippen LogP contribution in [-0.4, -0.2) is 37.2 Å². The number of carbonyl (C=O) groups excluding carboxylic acids is 3. The molecule has 0 radical (unpaired) electrons. The SMILES string of the molecule is CC/C=C\C/C=C\C/C=C\C/C=C\C/C=C\C/C=C\CCCCCCCCCCCCC(=O)OCC(COC(=O)CCCCCCCCCCC)OC(=O)CCCCCCCC/C=C\C/C=C\C/C=C\CCCCC. The van der Waals surface area contributed by atoms with E-state index >= 15 is 0 Å². The lowest BCUT2D eigenvalue weighted by Gasteiger charge is -2.18. The van der Waals surface area contributed by atoms with E-state index in [-0.39, 0.29) is 31.1 Å². The van der Waals surface area contributed by atoms with E-state index in [1.165, 1.54) is 128 Å². The Bertz CT molecular complexity index is 1520. The third kappa shape index (κ3) is 60.8. The summed E-state index contributed by atoms with van der Waals surface area (Å²) in [7, 11) is 0. The lowest BCUT2D eigenvalue weighted by Crippen LogP contribution is -2.30. The molecule has 0 aliphatic heterocycles. The van der Waals surface area contributed by atoms with Crippen molar-refractivity contribution in [1.29, 1.82) is 0 Å². The number of esters is 3. The molecule has 0 fully saturated rings. The zero-order valence-electron chi connectivity index (χ0n) is 49.0. The Kier molecular flexibility index (Phi) is 59.3. The Morgan fingerprint density at radius 2 is 0.520 bits per heavy atom.